The van der Waals surface area contributed by atoms with Crippen LogP contribution in [0.2, 0.25) is 0 Å². The molecule has 1 aromatic heterocycles. The van der Waals surface area contributed by atoms with Gasteiger partial charge in [-0.15, -0.1) is 0 Å². The average Bonchev–Trinajstić information content (AvgIpc) is 2.95. The summed E-state index contributed by atoms with van der Waals surface area (Å²) in [6.07, 6.45) is 0.246. The van der Waals surface area contributed by atoms with Gasteiger partial charge in [0.2, 0.25) is 0 Å². The molecule has 0 saturated carbocycles. The van der Waals surface area contributed by atoms with Crippen molar-refractivity contribution in [2.45, 2.75) is 39.3 Å². The lowest BCUT2D eigenvalue weighted by Gasteiger charge is -2.29. The number of aryl methyl sites for hydroxylation is 1. The molecule has 0 aliphatic carbocycles. The van der Waals surface area contributed by atoms with E-state index in [2.05, 4.69) is 10.4 Å². The Morgan fingerprint density at radius 3 is 2.46 bits per heavy atom. The second-order valence-electron chi connectivity index (χ2n) is 7.73. The zero-order valence-electron chi connectivity index (χ0n) is 16.9. The molecule has 28 heavy (non-hydrogen) atoms. The Morgan fingerprint density at radius 2 is 1.86 bits per heavy atom. The third kappa shape index (κ3) is 4.27. The highest BCUT2D eigenvalue weighted by molar-refractivity contribution is 6.04. The topological polar surface area (TPSA) is 85.7 Å². The van der Waals surface area contributed by atoms with E-state index in [4.69, 9.17) is 9.47 Å². The Morgan fingerprint density at radius 1 is 1.18 bits per heavy atom. The van der Waals surface area contributed by atoms with Gasteiger partial charge < -0.3 is 19.7 Å². The highest BCUT2D eigenvalue weighted by Gasteiger charge is 2.30. The van der Waals surface area contributed by atoms with Gasteiger partial charge in [-0.3, -0.25) is 9.48 Å². The van der Waals surface area contributed by atoms with Gasteiger partial charge in [0.05, 0.1) is 19.3 Å². The Labute approximate surface area is 164 Å². The van der Waals surface area contributed by atoms with Crippen molar-refractivity contribution in [1.29, 1.82) is 0 Å². The fraction of sp³-hybridized carbons (Fsp3) is 0.450. The summed E-state index contributed by atoms with van der Waals surface area (Å²) in [7, 11) is 3.35. The number of hydrogen-bond donors (Lipinski definition) is 1. The summed E-state index contributed by atoms with van der Waals surface area (Å²) in [4.78, 5) is 26.7. The molecular weight excluding hydrogens is 360 g/mol. The van der Waals surface area contributed by atoms with Crippen LogP contribution in [0.15, 0.2) is 24.3 Å². The van der Waals surface area contributed by atoms with E-state index in [1.165, 1.54) is 0 Å². The van der Waals surface area contributed by atoms with Crippen LogP contribution in [0.3, 0.4) is 0 Å². The maximum atomic E-state index is 12.7. The first-order chi connectivity index (χ1) is 13.2. The van der Waals surface area contributed by atoms with Crippen molar-refractivity contribution in [2.75, 3.05) is 19.0 Å². The number of fused-ring (bicyclic) bond motifs is 1. The highest BCUT2D eigenvalue weighted by atomic mass is 16.6. The van der Waals surface area contributed by atoms with Gasteiger partial charge in [-0.2, -0.15) is 5.10 Å². The number of amides is 2. The number of carbonyl (C=O) groups excluding carboxylic acids is 2. The van der Waals surface area contributed by atoms with E-state index in [1.807, 2.05) is 20.8 Å². The van der Waals surface area contributed by atoms with E-state index in [0.717, 1.165) is 11.3 Å². The van der Waals surface area contributed by atoms with E-state index in [-0.39, 0.29) is 12.0 Å². The van der Waals surface area contributed by atoms with Crippen LogP contribution < -0.4 is 10.1 Å². The lowest BCUT2D eigenvalue weighted by molar-refractivity contribution is 0.0224. The molecule has 0 spiro atoms. The summed E-state index contributed by atoms with van der Waals surface area (Å²) in [5, 5.41) is 7.42. The van der Waals surface area contributed by atoms with E-state index in [0.29, 0.717) is 36.6 Å². The van der Waals surface area contributed by atoms with Crippen molar-refractivity contribution in [3.05, 3.63) is 41.1 Å². The van der Waals surface area contributed by atoms with Gasteiger partial charge in [0, 0.05) is 31.1 Å². The summed E-state index contributed by atoms with van der Waals surface area (Å²) in [6.45, 7) is 6.39. The molecule has 0 radical (unpaired) electrons. The molecule has 0 saturated heterocycles. The summed E-state index contributed by atoms with van der Waals surface area (Å²) in [5.41, 5.74) is 1.67. The fourth-order valence-corrected chi connectivity index (χ4v) is 3.06. The smallest absolute Gasteiger partial charge is 0.410 e. The van der Waals surface area contributed by atoms with Crippen molar-refractivity contribution < 1.29 is 19.1 Å². The van der Waals surface area contributed by atoms with Crippen LogP contribution in [-0.4, -0.2) is 45.9 Å². The van der Waals surface area contributed by atoms with Crippen LogP contribution in [0, 0.1) is 0 Å². The number of hydrogen-bond acceptors (Lipinski definition) is 5. The highest BCUT2D eigenvalue weighted by Crippen LogP contribution is 2.27. The van der Waals surface area contributed by atoms with E-state index in [9.17, 15) is 9.59 Å². The van der Waals surface area contributed by atoms with Crippen molar-refractivity contribution in [1.82, 2.24) is 14.7 Å². The second-order valence-corrected chi connectivity index (χ2v) is 7.73. The molecule has 1 aliphatic heterocycles. The predicted octanol–water partition coefficient (Wildman–Crippen LogP) is 2.97. The van der Waals surface area contributed by atoms with Crippen LogP contribution >= 0.6 is 0 Å². The van der Waals surface area contributed by atoms with Crippen LogP contribution in [-0.2, 0) is 24.8 Å². The fourth-order valence-electron chi connectivity index (χ4n) is 3.06. The van der Waals surface area contributed by atoms with E-state index < -0.39 is 5.60 Å². The third-order valence-corrected chi connectivity index (χ3v) is 4.43. The molecule has 1 aliphatic rings. The van der Waals surface area contributed by atoms with Crippen molar-refractivity contribution in [3.63, 3.8) is 0 Å². The molecule has 8 nitrogen and oxygen atoms in total. The van der Waals surface area contributed by atoms with Gasteiger partial charge in [0.25, 0.3) is 5.91 Å². The summed E-state index contributed by atoms with van der Waals surface area (Å²) >= 11 is 0. The first-order valence-electron chi connectivity index (χ1n) is 9.16. The molecule has 3 rings (SSSR count). The molecule has 150 valence electrons. The largest absolute Gasteiger partial charge is 0.497 e. The molecule has 0 atom stereocenters. The number of methoxy groups -OCH3 is 1. The first kappa shape index (κ1) is 19.7. The minimum absolute atomic E-state index is 0.247. The second kappa shape index (κ2) is 7.53. The number of benzene rings is 1. The van der Waals surface area contributed by atoms with E-state index >= 15 is 0 Å². The van der Waals surface area contributed by atoms with Crippen molar-refractivity contribution in [2.24, 2.45) is 7.05 Å². The average molecular weight is 386 g/mol. The maximum Gasteiger partial charge on any atom is 0.410 e. The van der Waals surface area contributed by atoms with Gasteiger partial charge in [-0.25, -0.2) is 4.79 Å². The lowest BCUT2D eigenvalue weighted by Crippen LogP contribution is -2.40. The van der Waals surface area contributed by atoms with Gasteiger partial charge in [-0.1, -0.05) is 0 Å². The normalized spacial score (nSPS) is 13.7. The Bertz CT molecular complexity index is 881. The number of rotatable bonds is 3. The van der Waals surface area contributed by atoms with Crippen LogP contribution in [0.5, 0.6) is 5.75 Å². The quantitative estimate of drug-likeness (QED) is 0.876. The number of carbonyl (C=O) groups is 2. The molecule has 8 heteroatoms. The zero-order chi connectivity index (χ0) is 20.5. The number of aromatic nitrogens is 2. The minimum Gasteiger partial charge on any atom is -0.497 e. The summed E-state index contributed by atoms with van der Waals surface area (Å²) in [6, 6.07) is 6.86. The Hall–Kier alpha value is -3.03. The van der Waals surface area contributed by atoms with Crippen molar-refractivity contribution in [3.8, 4) is 5.75 Å². The third-order valence-electron chi connectivity index (χ3n) is 4.43. The molecule has 0 fully saturated rings. The predicted molar refractivity (Wildman–Crippen MR) is 105 cm³/mol. The number of ether oxygens (including phenoxy) is 2. The van der Waals surface area contributed by atoms with Gasteiger partial charge in [0.15, 0.2) is 0 Å². The van der Waals surface area contributed by atoms with Gasteiger partial charge >= 0.3 is 6.09 Å². The number of nitrogens with zero attached hydrogens (tertiary/aromatic N) is 3. The Balaban J connectivity index is 1.78. The molecule has 2 amide bonds. The van der Waals surface area contributed by atoms with Crippen molar-refractivity contribution >= 4 is 17.8 Å². The SMILES string of the molecule is COc1ccc(C(=O)Nc2c3c(nn2C)CCN(C(=O)OC(C)(C)C)C3)cc1. The summed E-state index contributed by atoms with van der Waals surface area (Å²) < 4.78 is 12.2. The molecule has 2 aromatic rings. The lowest BCUT2D eigenvalue weighted by atomic mass is 10.1. The number of nitrogens with one attached hydrogen (secondary N) is 1. The molecule has 2 heterocycles. The maximum absolute atomic E-state index is 12.7. The minimum atomic E-state index is -0.558. The van der Waals surface area contributed by atoms with Crippen LogP contribution in [0.25, 0.3) is 0 Å². The molecule has 0 bridgehead atoms. The Kier molecular flexibility index (Phi) is 5.31. The standard InChI is InChI=1S/C20H26N4O4/c1-20(2,3)28-19(26)24-11-10-16-15(12-24)17(23(4)22-16)21-18(25)13-6-8-14(27-5)9-7-13/h6-9H,10-12H2,1-5H3,(H,21,25). The summed E-state index contributed by atoms with van der Waals surface area (Å²) in [5.74, 6) is 1.02. The molecule has 1 aromatic carbocycles. The van der Waals surface area contributed by atoms with Crippen LogP contribution in [0.1, 0.15) is 42.4 Å². The monoisotopic (exact) mass is 386 g/mol. The molecular formula is C20H26N4O4. The van der Waals surface area contributed by atoms with Gasteiger partial charge in [0.1, 0.15) is 17.2 Å². The van der Waals surface area contributed by atoms with Crippen LogP contribution in [0.4, 0.5) is 10.6 Å². The van der Waals surface area contributed by atoms with E-state index in [1.54, 1.807) is 48.0 Å². The number of anilines is 1. The first-order valence-corrected chi connectivity index (χ1v) is 9.16. The molecule has 0 unspecified atom stereocenters. The van der Waals surface area contributed by atoms with Gasteiger partial charge in [-0.05, 0) is 45.0 Å². The zero-order valence-corrected chi connectivity index (χ0v) is 16.9. The molecule has 1 N–H and O–H groups in total.